The maximum absolute atomic E-state index is 13.5. The summed E-state index contributed by atoms with van der Waals surface area (Å²) in [6.07, 6.45) is 10.9. The molecule has 3 atom stereocenters. The molecule has 1 N–H and O–H groups in total. The van der Waals surface area contributed by atoms with Crippen molar-refractivity contribution >= 4 is 23.7 Å². The maximum atomic E-state index is 13.5. The Morgan fingerprint density at radius 2 is 1.89 bits per heavy atom. The van der Waals surface area contributed by atoms with Gasteiger partial charge in [0.15, 0.2) is 0 Å². The maximum Gasteiger partial charge on any atom is 0.226 e. The third-order valence-corrected chi connectivity index (χ3v) is 8.11. The van der Waals surface area contributed by atoms with Crippen LogP contribution in [0.1, 0.15) is 51.0 Å². The number of aliphatic imine (C=N–C) groups is 1. The van der Waals surface area contributed by atoms with Crippen LogP contribution in [0.2, 0.25) is 5.02 Å². The Morgan fingerprint density at radius 3 is 2.57 bits per heavy atom. The smallest absolute Gasteiger partial charge is 0.226 e. The van der Waals surface area contributed by atoms with E-state index in [1.807, 2.05) is 18.3 Å². The van der Waals surface area contributed by atoms with Crippen LogP contribution in [0.4, 0.5) is 0 Å². The number of hydrogen-bond donors (Lipinski definition) is 1. The number of benzene rings is 1. The molecule has 1 heterocycles. The molecule has 6 rings (SSSR count). The highest BCUT2D eigenvalue weighted by Crippen LogP contribution is 2.65. The summed E-state index contributed by atoms with van der Waals surface area (Å²) in [5.41, 5.74) is 2.66. The van der Waals surface area contributed by atoms with Gasteiger partial charge in [0, 0.05) is 24.3 Å². The first-order valence-electron chi connectivity index (χ1n) is 10.7. The van der Waals surface area contributed by atoms with Crippen LogP contribution < -0.4 is 5.32 Å². The number of carbonyl (C=O) groups is 1. The molecule has 0 radical (unpaired) electrons. The van der Waals surface area contributed by atoms with E-state index in [4.69, 9.17) is 11.6 Å². The lowest BCUT2D eigenvalue weighted by Gasteiger charge is -2.61. The largest absolute Gasteiger partial charge is 0.352 e. The lowest BCUT2D eigenvalue weighted by molar-refractivity contribution is -0.148. The summed E-state index contributed by atoms with van der Waals surface area (Å²) in [5.74, 6) is 2.07. The zero-order valence-electron chi connectivity index (χ0n) is 16.6. The monoisotopic (exact) mass is 396 g/mol. The van der Waals surface area contributed by atoms with Gasteiger partial charge in [-0.05, 0) is 91.0 Å². The van der Waals surface area contributed by atoms with Crippen molar-refractivity contribution in [1.82, 2.24) is 5.32 Å². The molecule has 1 aliphatic heterocycles. The molecule has 4 saturated carbocycles. The molecule has 4 heteroatoms. The van der Waals surface area contributed by atoms with E-state index in [0.717, 1.165) is 30.8 Å². The van der Waals surface area contributed by atoms with Crippen molar-refractivity contribution in [2.45, 2.75) is 50.9 Å². The molecule has 5 aliphatic rings. The van der Waals surface area contributed by atoms with Crippen LogP contribution in [0.5, 0.6) is 0 Å². The Hall–Kier alpha value is -1.61. The average molecular weight is 397 g/mol. The van der Waals surface area contributed by atoms with E-state index >= 15 is 0 Å². The van der Waals surface area contributed by atoms with Crippen molar-refractivity contribution in [2.24, 2.45) is 28.2 Å². The fourth-order valence-electron chi connectivity index (χ4n) is 6.92. The summed E-state index contributed by atoms with van der Waals surface area (Å²) in [5, 5.41) is 4.12. The minimum Gasteiger partial charge on any atom is -0.352 e. The highest BCUT2D eigenvalue weighted by molar-refractivity contribution is 6.30. The molecule has 4 aliphatic carbocycles. The van der Waals surface area contributed by atoms with Crippen LogP contribution in [0, 0.1) is 23.2 Å². The van der Waals surface area contributed by atoms with Gasteiger partial charge in [-0.3, -0.25) is 9.79 Å². The first-order valence-corrected chi connectivity index (χ1v) is 11.1. The van der Waals surface area contributed by atoms with E-state index in [0.29, 0.717) is 24.3 Å². The van der Waals surface area contributed by atoms with Crippen LogP contribution in [-0.2, 0) is 10.2 Å². The molecule has 1 aromatic carbocycles. The fraction of sp³-hybridized carbons (Fsp3) is 0.583. The zero-order valence-corrected chi connectivity index (χ0v) is 17.3. The van der Waals surface area contributed by atoms with Gasteiger partial charge in [0.25, 0.3) is 0 Å². The molecule has 0 aromatic heterocycles. The summed E-state index contributed by atoms with van der Waals surface area (Å²) in [6, 6.07) is 8.44. The minimum atomic E-state index is -0.184. The average Bonchev–Trinajstić information content (AvgIpc) is 2.66. The number of amides is 1. The van der Waals surface area contributed by atoms with E-state index in [2.05, 4.69) is 35.4 Å². The molecule has 3 unspecified atom stereocenters. The Kier molecular flexibility index (Phi) is 4.42. The predicted octanol–water partition coefficient (Wildman–Crippen LogP) is 4.94. The van der Waals surface area contributed by atoms with Gasteiger partial charge < -0.3 is 5.32 Å². The van der Waals surface area contributed by atoms with Crippen molar-refractivity contribution in [3.05, 3.63) is 46.5 Å². The van der Waals surface area contributed by atoms with Gasteiger partial charge in [0.2, 0.25) is 5.91 Å². The van der Waals surface area contributed by atoms with Gasteiger partial charge in [-0.1, -0.05) is 30.7 Å². The van der Waals surface area contributed by atoms with Gasteiger partial charge in [-0.25, -0.2) is 0 Å². The predicted molar refractivity (Wildman–Crippen MR) is 114 cm³/mol. The van der Waals surface area contributed by atoms with Crippen LogP contribution in [0.15, 0.2) is 40.9 Å². The standard InChI is InChI=1S/C24H29ClN2O/c1-16-13-26-7-6-19(16)14-27-22(28)24-11-17-8-18(12-24)10-23(9-17,15-24)20-2-4-21(25)5-3-20/h2-7,16-18H,8-15H2,1H3,(H,27,28). The third-order valence-electron chi connectivity index (χ3n) is 7.86. The first kappa shape index (κ1) is 18.4. The molecular weight excluding hydrogens is 368 g/mol. The van der Waals surface area contributed by atoms with Gasteiger partial charge in [-0.2, -0.15) is 0 Å². The lowest BCUT2D eigenvalue weighted by atomic mass is 9.42. The quantitative estimate of drug-likeness (QED) is 0.769. The van der Waals surface area contributed by atoms with Crippen molar-refractivity contribution in [3.63, 3.8) is 0 Å². The van der Waals surface area contributed by atoms with E-state index in [9.17, 15) is 4.79 Å². The van der Waals surface area contributed by atoms with Crippen molar-refractivity contribution in [1.29, 1.82) is 0 Å². The molecule has 1 amide bonds. The molecule has 4 bridgehead atoms. The Bertz CT molecular complexity index is 827. The van der Waals surface area contributed by atoms with Crippen LogP contribution in [0.3, 0.4) is 0 Å². The minimum absolute atomic E-state index is 0.163. The summed E-state index contributed by atoms with van der Waals surface area (Å²) < 4.78 is 0. The number of nitrogens with one attached hydrogen (secondary N) is 1. The van der Waals surface area contributed by atoms with Gasteiger partial charge >= 0.3 is 0 Å². The van der Waals surface area contributed by atoms with Crippen LogP contribution in [-0.4, -0.2) is 25.2 Å². The van der Waals surface area contributed by atoms with Crippen molar-refractivity contribution in [2.75, 3.05) is 13.1 Å². The normalized spacial score (nSPS) is 38.4. The Morgan fingerprint density at radius 1 is 1.18 bits per heavy atom. The number of dihydropyridines is 1. The second-order valence-corrected chi connectivity index (χ2v) is 10.3. The summed E-state index contributed by atoms with van der Waals surface area (Å²) in [7, 11) is 0. The lowest BCUT2D eigenvalue weighted by Crippen LogP contribution is -2.59. The van der Waals surface area contributed by atoms with Crippen molar-refractivity contribution < 1.29 is 4.79 Å². The topological polar surface area (TPSA) is 41.5 Å². The molecule has 3 nitrogen and oxygen atoms in total. The zero-order chi connectivity index (χ0) is 19.4. The second-order valence-electron chi connectivity index (χ2n) is 9.87. The number of carbonyl (C=O) groups excluding carboxylic acids is 1. The number of halogens is 1. The first-order chi connectivity index (χ1) is 13.5. The highest BCUT2D eigenvalue weighted by atomic mass is 35.5. The van der Waals surface area contributed by atoms with E-state index in [-0.39, 0.29) is 16.7 Å². The number of hydrogen-bond acceptors (Lipinski definition) is 2. The molecule has 0 saturated heterocycles. The van der Waals surface area contributed by atoms with Crippen molar-refractivity contribution in [3.8, 4) is 0 Å². The Labute approximate surface area is 172 Å². The molecule has 1 aromatic rings. The van der Waals surface area contributed by atoms with Crippen LogP contribution in [0.25, 0.3) is 0 Å². The van der Waals surface area contributed by atoms with Crippen LogP contribution >= 0.6 is 11.6 Å². The van der Waals surface area contributed by atoms with Gasteiger partial charge in [0.05, 0.1) is 5.41 Å². The Balaban J connectivity index is 1.38. The highest BCUT2D eigenvalue weighted by Gasteiger charge is 2.60. The summed E-state index contributed by atoms with van der Waals surface area (Å²) >= 11 is 6.15. The fourth-order valence-corrected chi connectivity index (χ4v) is 7.05. The second kappa shape index (κ2) is 6.73. The summed E-state index contributed by atoms with van der Waals surface area (Å²) in [4.78, 5) is 17.8. The molecular formula is C24H29ClN2O. The third kappa shape index (κ3) is 3.03. The van der Waals surface area contributed by atoms with Gasteiger partial charge in [-0.15, -0.1) is 0 Å². The molecule has 148 valence electrons. The van der Waals surface area contributed by atoms with E-state index in [1.54, 1.807) is 0 Å². The molecule has 0 spiro atoms. The van der Waals surface area contributed by atoms with E-state index < -0.39 is 0 Å². The SMILES string of the molecule is CC1CN=CC=C1CNC(=O)C12CC3CC(C1)CC(c1ccc(Cl)cc1)(C3)C2. The molecule has 4 fully saturated rings. The number of allylic oxidation sites excluding steroid dienone is 1. The van der Waals surface area contributed by atoms with E-state index in [1.165, 1.54) is 30.4 Å². The van der Waals surface area contributed by atoms with Gasteiger partial charge in [0.1, 0.15) is 0 Å². The number of rotatable bonds is 4. The summed E-state index contributed by atoms with van der Waals surface area (Å²) in [6.45, 7) is 3.68. The molecule has 28 heavy (non-hydrogen) atoms. The number of nitrogens with zero attached hydrogens (tertiary/aromatic N) is 1.